The first-order chi connectivity index (χ1) is 19.9. The van der Waals surface area contributed by atoms with E-state index in [1.807, 2.05) is 18.2 Å². The van der Waals surface area contributed by atoms with E-state index in [-0.39, 0.29) is 11.7 Å². The van der Waals surface area contributed by atoms with Gasteiger partial charge in [0, 0.05) is 30.1 Å². The zero-order valence-corrected chi connectivity index (χ0v) is 24.8. The number of ether oxygens (including phenoxy) is 2. The van der Waals surface area contributed by atoms with Crippen LogP contribution in [0.15, 0.2) is 34.9 Å². The molecular formula is C30H29Cl2N3O5S. The Labute approximate surface area is 251 Å². The molecule has 2 aliphatic carbocycles. The Balaban J connectivity index is 1.06. The molecule has 2 aromatic carbocycles. The van der Waals surface area contributed by atoms with E-state index in [0.717, 1.165) is 66.3 Å². The van der Waals surface area contributed by atoms with Crippen molar-refractivity contribution in [3.05, 3.63) is 57.3 Å². The smallest absolute Gasteiger partial charge is 0.335 e. The molecule has 4 aromatic rings. The Morgan fingerprint density at radius 3 is 2.66 bits per heavy atom. The number of hydrogen-bond acceptors (Lipinski definition) is 8. The zero-order chi connectivity index (χ0) is 28.2. The fourth-order valence-corrected chi connectivity index (χ4v) is 7.96. The van der Waals surface area contributed by atoms with Crippen LogP contribution in [0, 0.1) is 11.8 Å². The Morgan fingerprint density at radius 2 is 1.93 bits per heavy atom. The lowest BCUT2D eigenvalue weighted by molar-refractivity contribution is -0.00495. The summed E-state index contributed by atoms with van der Waals surface area (Å²) in [6.07, 6.45) is 5.39. The standard InChI is InChI=1S/C30H29Cl2N3O5S/c1-38-23-10-17(29(36)37)11-24-27(23)33-30(41-24)35-12-16-7-8-19(9-18(16)13-35)39-14-20-26(34-40-28(20)15-5-6-15)25-21(31)3-2-4-22(25)32/h2-4,10-11,15-16,18-19H,5-9,12-14H2,1H3,(H,36,37)/t16-,18+,19+/m1/s1. The number of rotatable bonds is 8. The van der Waals surface area contributed by atoms with E-state index in [4.69, 9.17) is 42.2 Å². The van der Waals surface area contributed by atoms with Gasteiger partial charge in [-0.1, -0.05) is 45.8 Å². The van der Waals surface area contributed by atoms with Crippen molar-refractivity contribution in [3.8, 4) is 17.0 Å². The number of fused-ring (bicyclic) bond motifs is 2. The van der Waals surface area contributed by atoms with Gasteiger partial charge in [-0.05, 0) is 68.2 Å². The predicted octanol–water partition coefficient (Wildman–Crippen LogP) is 7.66. The minimum atomic E-state index is -0.976. The summed E-state index contributed by atoms with van der Waals surface area (Å²) >= 11 is 14.6. The van der Waals surface area contributed by atoms with Crippen LogP contribution >= 0.6 is 34.5 Å². The molecule has 1 N–H and O–H groups in total. The van der Waals surface area contributed by atoms with E-state index < -0.39 is 5.97 Å². The lowest BCUT2D eigenvalue weighted by atomic mass is 9.80. The number of methoxy groups -OCH3 is 1. The molecule has 3 atom stereocenters. The first-order valence-electron chi connectivity index (χ1n) is 13.9. The van der Waals surface area contributed by atoms with E-state index in [1.165, 1.54) is 17.4 Å². The maximum Gasteiger partial charge on any atom is 0.335 e. The van der Waals surface area contributed by atoms with Gasteiger partial charge in [-0.25, -0.2) is 9.78 Å². The number of aromatic carboxylic acids is 1. The van der Waals surface area contributed by atoms with Gasteiger partial charge < -0.3 is 24.0 Å². The summed E-state index contributed by atoms with van der Waals surface area (Å²) in [4.78, 5) is 18.8. The van der Waals surface area contributed by atoms with Crippen LogP contribution in [0.25, 0.3) is 21.5 Å². The van der Waals surface area contributed by atoms with Crippen molar-refractivity contribution in [1.29, 1.82) is 0 Å². The van der Waals surface area contributed by atoms with Crippen molar-refractivity contribution in [2.75, 3.05) is 25.1 Å². The number of hydrogen-bond donors (Lipinski definition) is 1. The predicted molar refractivity (Wildman–Crippen MR) is 159 cm³/mol. The molecule has 3 aliphatic rings. The van der Waals surface area contributed by atoms with Crippen LogP contribution in [0.5, 0.6) is 5.75 Å². The van der Waals surface area contributed by atoms with E-state index in [0.29, 0.717) is 56.9 Å². The van der Waals surface area contributed by atoms with Crippen molar-refractivity contribution in [2.24, 2.45) is 11.8 Å². The molecule has 7 rings (SSSR count). The highest BCUT2D eigenvalue weighted by molar-refractivity contribution is 7.22. The van der Waals surface area contributed by atoms with Gasteiger partial charge >= 0.3 is 5.97 Å². The first-order valence-corrected chi connectivity index (χ1v) is 15.5. The lowest BCUT2D eigenvalue weighted by Gasteiger charge is -2.30. The maximum absolute atomic E-state index is 11.6. The van der Waals surface area contributed by atoms with Crippen molar-refractivity contribution < 1.29 is 23.9 Å². The SMILES string of the molecule is COc1cc(C(=O)O)cc2sc(N3C[C@H]4CC[C@H](OCc5c(-c6c(Cl)cccc6Cl)noc5C5CC5)C[C@H]4C3)nc12. The van der Waals surface area contributed by atoms with Gasteiger partial charge in [-0.3, -0.25) is 0 Å². The molecule has 11 heteroatoms. The van der Waals surface area contributed by atoms with Gasteiger partial charge in [0.25, 0.3) is 0 Å². The molecule has 2 aromatic heterocycles. The molecule has 0 unspecified atom stereocenters. The molecule has 3 heterocycles. The number of anilines is 1. The molecule has 41 heavy (non-hydrogen) atoms. The van der Waals surface area contributed by atoms with Gasteiger partial charge in [-0.2, -0.15) is 0 Å². The number of carbonyl (C=O) groups is 1. The molecule has 2 saturated carbocycles. The second kappa shape index (κ2) is 10.8. The topological polar surface area (TPSA) is 97.9 Å². The fraction of sp³-hybridized carbons (Fsp3) is 0.433. The minimum absolute atomic E-state index is 0.140. The van der Waals surface area contributed by atoms with Gasteiger partial charge in [-0.15, -0.1) is 0 Å². The van der Waals surface area contributed by atoms with Crippen LogP contribution in [-0.4, -0.2) is 47.5 Å². The van der Waals surface area contributed by atoms with Gasteiger partial charge in [0.05, 0.1) is 40.1 Å². The van der Waals surface area contributed by atoms with E-state index in [1.54, 1.807) is 13.2 Å². The molecular weight excluding hydrogens is 585 g/mol. The molecule has 0 spiro atoms. The number of carboxylic acid groups (broad SMARTS) is 1. The Morgan fingerprint density at radius 1 is 1.15 bits per heavy atom. The Bertz CT molecular complexity index is 1610. The second-order valence-electron chi connectivity index (χ2n) is 11.2. The average molecular weight is 615 g/mol. The van der Waals surface area contributed by atoms with E-state index in [2.05, 4.69) is 10.1 Å². The summed E-state index contributed by atoms with van der Waals surface area (Å²) in [5.41, 5.74) is 3.26. The summed E-state index contributed by atoms with van der Waals surface area (Å²) in [6.45, 7) is 2.26. The van der Waals surface area contributed by atoms with Crippen molar-refractivity contribution >= 4 is 55.9 Å². The molecule has 3 fully saturated rings. The third-order valence-corrected chi connectivity index (χ3v) is 10.3. The number of aromatic nitrogens is 2. The third kappa shape index (κ3) is 5.07. The summed E-state index contributed by atoms with van der Waals surface area (Å²) in [7, 11) is 1.54. The molecule has 1 aliphatic heterocycles. The quantitative estimate of drug-likeness (QED) is 0.216. The maximum atomic E-state index is 11.6. The number of benzene rings is 2. The number of nitrogens with zero attached hydrogens (tertiary/aromatic N) is 3. The Kier molecular flexibility index (Phi) is 7.09. The molecule has 1 saturated heterocycles. The monoisotopic (exact) mass is 613 g/mol. The third-order valence-electron chi connectivity index (χ3n) is 8.62. The van der Waals surface area contributed by atoms with Crippen molar-refractivity contribution in [3.63, 3.8) is 0 Å². The average Bonchev–Trinajstić information content (AvgIpc) is 3.37. The summed E-state index contributed by atoms with van der Waals surface area (Å²) in [5, 5.41) is 15.9. The largest absolute Gasteiger partial charge is 0.494 e. The highest BCUT2D eigenvalue weighted by Gasteiger charge is 2.40. The van der Waals surface area contributed by atoms with Crippen LogP contribution in [0.1, 0.15) is 59.7 Å². The summed E-state index contributed by atoms with van der Waals surface area (Å²) in [5.74, 6) is 1.87. The highest BCUT2D eigenvalue weighted by atomic mass is 35.5. The second-order valence-corrected chi connectivity index (χ2v) is 13.1. The number of carboxylic acids is 1. The Hall–Kier alpha value is -2.85. The van der Waals surface area contributed by atoms with Crippen LogP contribution < -0.4 is 9.64 Å². The van der Waals surface area contributed by atoms with E-state index >= 15 is 0 Å². The van der Waals surface area contributed by atoms with Crippen LogP contribution in [0.4, 0.5) is 5.13 Å². The van der Waals surface area contributed by atoms with Gasteiger partial charge in [0.15, 0.2) is 5.13 Å². The normalized spacial score (nSPS) is 22.3. The van der Waals surface area contributed by atoms with Crippen molar-refractivity contribution in [2.45, 2.75) is 50.7 Å². The number of halogens is 2. The highest BCUT2D eigenvalue weighted by Crippen LogP contribution is 2.47. The van der Waals surface area contributed by atoms with Crippen LogP contribution in [0.2, 0.25) is 10.0 Å². The van der Waals surface area contributed by atoms with Gasteiger partial charge in [0.1, 0.15) is 22.7 Å². The summed E-state index contributed by atoms with van der Waals surface area (Å²) < 4.78 is 18.7. The van der Waals surface area contributed by atoms with Crippen LogP contribution in [0.3, 0.4) is 0 Å². The van der Waals surface area contributed by atoms with Crippen molar-refractivity contribution in [1.82, 2.24) is 10.1 Å². The lowest BCUT2D eigenvalue weighted by Crippen LogP contribution is -2.28. The first kappa shape index (κ1) is 27.0. The zero-order valence-electron chi connectivity index (χ0n) is 22.4. The molecule has 214 valence electrons. The molecule has 0 amide bonds. The van der Waals surface area contributed by atoms with E-state index in [9.17, 15) is 9.90 Å². The molecule has 0 radical (unpaired) electrons. The minimum Gasteiger partial charge on any atom is -0.494 e. The summed E-state index contributed by atoms with van der Waals surface area (Å²) in [6, 6.07) is 8.68. The fourth-order valence-electron chi connectivity index (χ4n) is 6.35. The van der Waals surface area contributed by atoms with Gasteiger partial charge in [0.2, 0.25) is 0 Å². The number of thiazole rings is 1. The van der Waals surface area contributed by atoms with Crippen LogP contribution in [-0.2, 0) is 11.3 Å². The molecule has 0 bridgehead atoms. The molecule has 8 nitrogen and oxygen atoms in total.